The normalized spacial score (nSPS) is 16.4. The van der Waals surface area contributed by atoms with Crippen LogP contribution in [-0.4, -0.2) is 22.8 Å². The third-order valence-electron chi connectivity index (χ3n) is 3.51. The van der Waals surface area contributed by atoms with Gasteiger partial charge >= 0.3 is 5.88 Å². The van der Waals surface area contributed by atoms with Crippen LogP contribution < -0.4 is 10.6 Å². The quantitative estimate of drug-likeness (QED) is 0.675. The van der Waals surface area contributed by atoms with Gasteiger partial charge in [0, 0.05) is 12.1 Å². The van der Waals surface area contributed by atoms with Crippen molar-refractivity contribution in [3.63, 3.8) is 0 Å². The zero-order chi connectivity index (χ0) is 15.9. The van der Waals surface area contributed by atoms with E-state index in [2.05, 4.69) is 0 Å². The monoisotopic (exact) mass is 301 g/mol. The maximum Gasteiger partial charge on any atom is 0.433 e. The van der Waals surface area contributed by atoms with Crippen molar-refractivity contribution in [1.82, 2.24) is 0 Å². The number of carbonyl (C=O) groups excluding carboxylic acids is 2. The lowest BCUT2D eigenvalue weighted by atomic mass is 10.1. The maximum atomic E-state index is 12.6. The third kappa shape index (κ3) is 2.10. The van der Waals surface area contributed by atoms with Crippen molar-refractivity contribution >= 4 is 23.4 Å². The molecule has 0 spiro atoms. The molecule has 0 fully saturated rings. The fraction of sp³-hybridized carbons (Fsp3) is 0.143. The van der Waals surface area contributed by atoms with Gasteiger partial charge in [-0.05, 0) is 17.7 Å². The highest BCUT2D eigenvalue weighted by atomic mass is 16.6. The molecule has 1 aromatic carbocycles. The molecule has 1 atom stereocenters. The van der Waals surface area contributed by atoms with E-state index in [0.29, 0.717) is 12.1 Å². The van der Waals surface area contributed by atoms with E-state index in [1.165, 1.54) is 11.0 Å². The van der Waals surface area contributed by atoms with Gasteiger partial charge in [-0.2, -0.15) is 0 Å². The number of nitrogens with zero attached hydrogens (tertiary/aromatic N) is 2. The molecule has 112 valence electrons. The fourth-order valence-electron chi connectivity index (χ4n) is 2.52. The van der Waals surface area contributed by atoms with Crippen molar-refractivity contribution in [2.75, 3.05) is 4.90 Å². The molecule has 2 N–H and O–H groups in total. The number of hydrogen-bond acceptors (Lipinski definition) is 5. The van der Waals surface area contributed by atoms with Gasteiger partial charge in [0.1, 0.15) is 11.0 Å². The summed E-state index contributed by atoms with van der Waals surface area (Å²) in [6, 6.07) is 8.47. The molecule has 1 unspecified atom stereocenters. The standard InChI is InChI=1S/C14H11N3O5/c15-13(18)10-7-8-3-1-2-4-9(8)16(10)14(19)11-5-6-12(22-11)17(20)21/h1-6,10H,7H2,(H2,15,18). The number of rotatable bonds is 3. The smallest absolute Gasteiger partial charge is 0.395 e. The first-order valence-corrected chi connectivity index (χ1v) is 6.44. The van der Waals surface area contributed by atoms with E-state index in [1.54, 1.807) is 24.3 Å². The van der Waals surface area contributed by atoms with Crippen LogP contribution in [-0.2, 0) is 11.2 Å². The lowest BCUT2D eigenvalue weighted by Gasteiger charge is -2.21. The Hall–Kier alpha value is -3.16. The van der Waals surface area contributed by atoms with Gasteiger partial charge in [-0.15, -0.1) is 0 Å². The summed E-state index contributed by atoms with van der Waals surface area (Å²) in [6.07, 6.45) is 0.306. The lowest BCUT2D eigenvalue weighted by molar-refractivity contribution is -0.402. The number of furan rings is 1. The summed E-state index contributed by atoms with van der Waals surface area (Å²) in [4.78, 5) is 35.3. The summed E-state index contributed by atoms with van der Waals surface area (Å²) in [5.74, 6) is -2.03. The van der Waals surface area contributed by atoms with Crippen LogP contribution >= 0.6 is 0 Å². The molecule has 0 saturated carbocycles. The predicted molar refractivity (Wildman–Crippen MR) is 75.3 cm³/mol. The van der Waals surface area contributed by atoms with Gasteiger partial charge in [0.25, 0.3) is 5.91 Å². The Balaban J connectivity index is 2.01. The Morgan fingerprint density at radius 3 is 2.64 bits per heavy atom. The van der Waals surface area contributed by atoms with Crippen molar-refractivity contribution in [1.29, 1.82) is 0 Å². The average molecular weight is 301 g/mol. The SMILES string of the molecule is NC(=O)C1Cc2ccccc2N1C(=O)c1ccc([N+](=O)[O-])o1. The minimum absolute atomic E-state index is 0.213. The molecule has 0 saturated heterocycles. The molecule has 22 heavy (non-hydrogen) atoms. The van der Waals surface area contributed by atoms with Crippen LogP contribution in [0, 0.1) is 10.1 Å². The number of para-hydroxylation sites is 1. The fourth-order valence-corrected chi connectivity index (χ4v) is 2.52. The molecule has 0 radical (unpaired) electrons. The van der Waals surface area contributed by atoms with Crippen molar-refractivity contribution in [2.24, 2.45) is 5.73 Å². The number of nitro groups is 1. The van der Waals surface area contributed by atoms with E-state index in [-0.39, 0.29) is 5.76 Å². The lowest BCUT2D eigenvalue weighted by Crippen LogP contribution is -2.46. The van der Waals surface area contributed by atoms with Crippen molar-refractivity contribution < 1.29 is 18.9 Å². The molecule has 0 aliphatic carbocycles. The van der Waals surface area contributed by atoms with Crippen LogP contribution in [0.5, 0.6) is 0 Å². The number of benzene rings is 1. The second kappa shape index (κ2) is 4.99. The largest absolute Gasteiger partial charge is 0.433 e. The molecule has 2 heterocycles. The molecular weight excluding hydrogens is 290 g/mol. The highest BCUT2D eigenvalue weighted by Crippen LogP contribution is 2.33. The predicted octanol–water partition coefficient (Wildman–Crippen LogP) is 1.24. The number of primary amides is 1. The number of fused-ring (bicyclic) bond motifs is 1. The van der Waals surface area contributed by atoms with Crippen LogP contribution in [0.1, 0.15) is 16.1 Å². The van der Waals surface area contributed by atoms with Crippen LogP contribution in [0.15, 0.2) is 40.8 Å². The summed E-state index contributed by atoms with van der Waals surface area (Å²) in [7, 11) is 0. The summed E-state index contributed by atoms with van der Waals surface area (Å²) < 4.78 is 4.92. The number of nitrogens with two attached hydrogens (primary N) is 1. The molecule has 2 aromatic rings. The number of carbonyl (C=O) groups is 2. The molecule has 1 aliphatic rings. The average Bonchev–Trinajstić information content (AvgIpc) is 3.11. The first-order valence-electron chi connectivity index (χ1n) is 6.44. The van der Waals surface area contributed by atoms with Crippen LogP contribution in [0.25, 0.3) is 0 Å². The molecule has 3 rings (SSSR count). The summed E-state index contributed by atoms with van der Waals surface area (Å²) in [5, 5.41) is 10.6. The van der Waals surface area contributed by atoms with Crippen LogP contribution in [0.4, 0.5) is 11.6 Å². The van der Waals surface area contributed by atoms with E-state index in [4.69, 9.17) is 10.2 Å². The van der Waals surface area contributed by atoms with E-state index in [1.807, 2.05) is 0 Å². The Bertz CT molecular complexity index is 782. The molecule has 8 heteroatoms. The Kier molecular flexibility index (Phi) is 3.13. The Morgan fingerprint density at radius 2 is 2.00 bits per heavy atom. The second-order valence-corrected chi connectivity index (χ2v) is 4.82. The molecule has 1 aliphatic heterocycles. The van der Waals surface area contributed by atoms with Gasteiger partial charge in [0.2, 0.25) is 5.91 Å². The van der Waals surface area contributed by atoms with Crippen molar-refractivity contribution in [2.45, 2.75) is 12.5 Å². The van der Waals surface area contributed by atoms with E-state index in [9.17, 15) is 19.7 Å². The van der Waals surface area contributed by atoms with Gasteiger partial charge in [0.05, 0.1) is 6.07 Å². The van der Waals surface area contributed by atoms with Gasteiger partial charge in [-0.3, -0.25) is 24.6 Å². The third-order valence-corrected chi connectivity index (χ3v) is 3.51. The number of amides is 2. The first kappa shape index (κ1) is 13.8. The van der Waals surface area contributed by atoms with Gasteiger partial charge < -0.3 is 10.2 Å². The summed E-state index contributed by atoms with van der Waals surface area (Å²) in [6.45, 7) is 0. The first-order chi connectivity index (χ1) is 10.5. The van der Waals surface area contributed by atoms with Crippen LogP contribution in [0.3, 0.4) is 0 Å². The van der Waals surface area contributed by atoms with E-state index < -0.39 is 28.7 Å². The van der Waals surface area contributed by atoms with Gasteiger partial charge in [-0.25, -0.2) is 0 Å². The maximum absolute atomic E-state index is 12.6. The van der Waals surface area contributed by atoms with Crippen molar-refractivity contribution in [3.05, 3.63) is 57.8 Å². The van der Waals surface area contributed by atoms with Gasteiger partial charge in [-0.1, -0.05) is 18.2 Å². The highest BCUT2D eigenvalue weighted by molar-refractivity contribution is 6.10. The second-order valence-electron chi connectivity index (χ2n) is 4.82. The molecule has 2 amide bonds. The Labute approximate surface area is 124 Å². The minimum atomic E-state index is -0.839. The molecule has 0 bridgehead atoms. The minimum Gasteiger partial charge on any atom is -0.395 e. The summed E-state index contributed by atoms with van der Waals surface area (Å²) in [5.41, 5.74) is 6.72. The molecule has 8 nitrogen and oxygen atoms in total. The number of anilines is 1. The van der Waals surface area contributed by atoms with E-state index >= 15 is 0 Å². The van der Waals surface area contributed by atoms with Crippen LogP contribution in [0.2, 0.25) is 0 Å². The zero-order valence-electron chi connectivity index (χ0n) is 11.3. The van der Waals surface area contributed by atoms with Gasteiger partial charge in [0.15, 0.2) is 5.76 Å². The Morgan fingerprint density at radius 1 is 1.27 bits per heavy atom. The number of hydrogen-bond donors (Lipinski definition) is 1. The molecule has 1 aromatic heterocycles. The molecular formula is C14H11N3O5. The highest BCUT2D eigenvalue weighted by Gasteiger charge is 2.38. The van der Waals surface area contributed by atoms with E-state index in [0.717, 1.165) is 11.6 Å². The zero-order valence-corrected chi connectivity index (χ0v) is 11.3. The summed E-state index contributed by atoms with van der Waals surface area (Å²) >= 11 is 0. The van der Waals surface area contributed by atoms with Crippen molar-refractivity contribution in [3.8, 4) is 0 Å². The topological polar surface area (TPSA) is 120 Å².